The lowest BCUT2D eigenvalue weighted by molar-refractivity contribution is -0.121. The Morgan fingerprint density at radius 3 is 2.40 bits per heavy atom. The van der Waals surface area contributed by atoms with Crippen molar-refractivity contribution < 1.29 is 27.1 Å². The van der Waals surface area contributed by atoms with Gasteiger partial charge in [-0.1, -0.05) is 44.7 Å². The Kier molecular flexibility index (Phi) is 9.40. The number of ether oxygens (including phenoxy) is 1. The van der Waals surface area contributed by atoms with Gasteiger partial charge in [0.05, 0.1) is 22.8 Å². The number of urea groups is 1. The number of carbonyl (C=O) groups excluding carboxylic acids is 2. The lowest BCUT2D eigenvalue weighted by Crippen LogP contribution is -2.42. The molecule has 0 aliphatic heterocycles. The summed E-state index contributed by atoms with van der Waals surface area (Å²) < 4.78 is 45.5. The van der Waals surface area contributed by atoms with Gasteiger partial charge in [-0.05, 0) is 49.8 Å². The minimum absolute atomic E-state index is 0.0575. The number of nitrogens with one attached hydrogen (secondary N) is 2. The number of primary amides is 1. The van der Waals surface area contributed by atoms with Crippen molar-refractivity contribution in [2.75, 3.05) is 22.1 Å². The van der Waals surface area contributed by atoms with Crippen LogP contribution in [0, 0.1) is 11.7 Å². The molecule has 0 saturated heterocycles. The van der Waals surface area contributed by atoms with Crippen molar-refractivity contribution in [1.29, 1.82) is 0 Å². The number of halogens is 2. The lowest BCUT2D eigenvalue weighted by atomic mass is 9.93. The Bertz CT molecular complexity index is 1350. The fourth-order valence-corrected chi connectivity index (χ4v) is 6.74. The molecule has 218 valence electrons. The van der Waals surface area contributed by atoms with Gasteiger partial charge in [0.15, 0.2) is 15.7 Å². The fraction of sp³-hybridized carbons (Fsp3) is 0.519. The molecular formula is C27H35ClFN5O5S. The topological polar surface area (TPSA) is 144 Å². The molecular weight excluding hydrogens is 561 g/mol. The van der Waals surface area contributed by atoms with E-state index in [1.54, 1.807) is 0 Å². The van der Waals surface area contributed by atoms with E-state index in [1.165, 1.54) is 24.4 Å². The SMILES string of the molecule is CC(C)CN(c1ncc(OC(C(N)=O)S(=O)(=O)C2CC2)cc1NC(=O)Nc1ccc(Cl)cc1F)C1CCCCC1. The van der Waals surface area contributed by atoms with Gasteiger partial charge in [0.2, 0.25) is 0 Å². The third kappa shape index (κ3) is 7.34. The van der Waals surface area contributed by atoms with E-state index in [0.29, 0.717) is 25.2 Å². The Morgan fingerprint density at radius 2 is 1.80 bits per heavy atom. The Hall–Kier alpha value is -3.12. The average Bonchev–Trinajstić information content (AvgIpc) is 3.74. The Morgan fingerprint density at radius 1 is 1.12 bits per heavy atom. The first-order valence-electron chi connectivity index (χ1n) is 13.4. The van der Waals surface area contributed by atoms with Crippen LogP contribution < -0.4 is 26.0 Å². The van der Waals surface area contributed by atoms with Gasteiger partial charge in [0.1, 0.15) is 11.6 Å². The number of hydrogen-bond donors (Lipinski definition) is 3. The highest BCUT2D eigenvalue weighted by atomic mass is 35.5. The number of anilines is 3. The molecule has 1 heterocycles. The minimum Gasteiger partial charge on any atom is -0.463 e. The van der Waals surface area contributed by atoms with Crippen molar-refractivity contribution in [3.8, 4) is 5.75 Å². The second kappa shape index (κ2) is 12.6. The van der Waals surface area contributed by atoms with Crippen molar-refractivity contribution in [3.63, 3.8) is 0 Å². The molecule has 0 spiro atoms. The maximum Gasteiger partial charge on any atom is 0.323 e. The van der Waals surface area contributed by atoms with Crippen LogP contribution in [0.4, 0.5) is 26.4 Å². The van der Waals surface area contributed by atoms with Crippen LogP contribution in [0.2, 0.25) is 5.02 Å². The van der Waals surface area contributed by atoms with Crippen LogP contribution in [0.1, 0.15) is 58.8 Å². The first kappa shape index (κ1) is 29.9. The molecule has 1 unspecified atom stereocenters. The average molecular weight is 596 g/mol. The van der Waals surface area contributed by atoms with Crippen molar-refractivity contribution >= 4 is 50.6 Å². The smallest absolute Gasteiger partial charge is 0.323 e. The van der Waals surface area contributed by atoms with Crippen LogP contribution in [0.25, 0.3) is 0 Å². The van der Waals surface area contributed by atoms with E-state index in [9.17, 15) is 22.4 Å². The van der Waals surface area contributed by atoms with Crippen LogP contribution in [0.5, 0.6) is 5.75 Å². The van der Waals surface area contributed by atoms with E-state index < -0.39 is 38.3 Å². The number of aromatic nitrogens is 1. The summed E-state index contributed by atoms with van der Waals surface area (Å²) in [6.45, 7) is 4.81. The van der Waals surface area contributed by atoms with E-state index in [0.717, 1.165) is 38.2 Å². The number of rotatable bonds is 11. The normalized spacial score (nSPS) is 16.8. The Labute approximate surface area is 238 Å². The molecule has 4 rings (SSSR count). The van der Waals surface area contributed by atoms with E-state index in [2.05, 4.69) is 34.4 Å². The summed E-state index contributed by atoms with van der Waals surface area (Å²) in [5, 5.41) is 4.67. The number of amides is 3. The molecule has 13 heteroatoms. The second-order valence-corrected chi connectivity index (χ2v) is 13.4. The first-order valence-corrected chi connectivity index (χ1v) is 15.4. The summed E-state index contributed by atoms with van der Waals surface area (Å²) in [4.78, 5) is 31.8. The molecule has 2 aliphatic carbocycles. The van der Waals surface area contributed by atoms with Gasteiger partial charge in [0.25, 0.3) is 11.3 Å². The summed E-state index contributed by atoms with van der Waals surface area (Å²) in [7, 11) is -3.96. The second-order valence-electron chi connectivity index (χ2n) is 10.7. The molecule has 0 radical (unpaired) electrons. The van der Waals surface area contributed by atoms with Crippen LogP contribution in [-0.4, -0.2) is 48.6 Å². The maximum absolute atomic E-state index is 14.3. The third-order valence-corrected chi connectivity index (χ3v) is 9.44. The number of sulfone groups is 1. The van der Waals surface area contributed by atoms with E-state index in [4.69, 9.17) is 22.1 Å². The molecule has 2 aliphatic rings. The molecule has 2 saturated carbocycles. The van der Waals surface area contributed by atoms with Crippen molar-refractivity contribution in [3.05, 3.63) is 41.3 Å². The number of benzene rings is 1. The standard InChI is InChI=1S/C27H35ClFN5O5S/c1-16(2)15-34(18-6-4-3-5-7-18)25-23(33-27(36)32-22-11-8-17(28)12-21(22)29)13-19(14-31-25)39-26(24(30)35)40(37,38)20-9-10-20/h8,11-14,16,18,20,26H,3-7,9-10,15H2,1-2H3,(H2,30,35)(H2,32,33,36). The van der Waals surface area contributed by atoms with E-state index >= 15 is 0 Å². The van der Waals surface area contributed by atoms with Crippen LogP contribution in [0.15, 0.2) is 30.5 Å². The highest BCUT2D eigenvalue weighted by Crippen LogP contribution is 2.36. The van der Waals surface area contributed by atoms with Crippen LogP contribution in [0.3, 0.4) is 0 Å². The fourth-order valence-electron chi connectivity index (χ4n) is 4.87. The summed E-state index contributed by atoms with van der Waals surface area (Å²) in [5.41, 5.74) is 3.64. The van der Waals surface area contributed by atoms with Gasteiger partial charge >= 0.3 is 6.03 Å². The highest BCUT2D eigenvalue weighted by Gasteiger charge is 2.45. The number of nitrogens with two attached hydrogens (primary N) is 1. The molecule has 1 aromatic heterocycles. The zero-order valence-electron chi connectivity index (χ0n) is 22.5. The molecule has 3 amide bonds. The number of hydrogen-bond acceptors (Lipinski definition) is 7. The summed E-state index contributed by atoms with van der Waals surface area (Å²) in [6.07, 6.45) is 7.40. The van der Waals surface area contributed by atoms with Gasteiger partial charge < -0.3 is 26.0 Å². The van der Waals surface area contributed by atoms with Gasteiger partial charge in [0, 0.05) is 23.7 Å². The van der Waals surface area contributed by atoms with Crippen molar-refractivity contribution in [2.45, 2.75) is 75.5 Å². The molecule has 40 heavy (non-hydrogen) atoms. The van der Waals surface area contributed by atoms with Crippen LogP contribution in [-0.2, 0) is 14.6 Å². The van der Waals surface area contributed by atoms with Gasteiger partial charge in [-0.2, -0.15) is 0 Å². The molecule has 2 fully saturated rings. The molecule has 1 aromatic carbocycles. The number of pyridine rings is 1. The number of nitrogens with zero attached hydrogens (tertiary/aromatic N) is 2. The summed E-state index contributed by atoms with van der Waals surface area (Å²) in [5.74, 6) is -1.17. The first-order chi connectivity index (χ1) is 19.0. The summed E-state index contributed by atoms with van der Waals surface area (Å²) >= 11 is 5.82. The zero-order chi connectivity index (χ0) is 29.0. The lowest BCUT2D eigenvalue weighted by Gasteiger charge is -2.37. The summed E-state index contributed by atoms with van der Waals surface area (Å²) in [6, 6.07) is 4.70. The molecule has 2 aromatic rings. The van der Waals surface area contributed by atoms with Gasteiger partial charge in [-0.15, -0.1) is 0 Å². The maximum atomic E-state index is 14.3. The van der Waals surface area contributed by atoms with E-state index in [1.807, 2.05) is 0 Å². The van der Waals surface area contributed by atoms with Crippen molar-refractivity contribution in [1.82, 2.24) is 4.98 Å². The zero-order valence-corrected chi connectivity index (χ0v) is 24.1. The Balaban J connectivity index is 1.68. The van der Waals surface area contributed by atoms with Crippen molar-refractivity contribution in [2.24, 2.45) is 11.7 Å². The molecule has 10 nitrogen and oxygen atoms in total. The molecule has 0 bridgehead atoms. The highest BCUT2D eigenvalue weighted by molar-refractivity contribution is 7.93. The van der Waals surface area contributed by atoms with Crippen LogP contribution >= 0.6 is 11.6 Å². The molecule has 4 N–H and O–H groups in total. The monoisotopic (exact) mass is 595 g/mol. The molecule has 1 atom stereocenters. The van der Waals surface area contributed by atoms with Gasteiger partial charge in [-0.25, -0.2) is 22.6 Å². The van der Waals surface area contributed by atoms with Gasteiger partial charge in [-0.3, -0.25) is 4.79 Å². The number of carbonyl (C=O) groups is 2. The predicted molar refractivity (Wildman–Crippen MR) is 153 cm³/mol. The largest absolute Gasteiger partial charge is 0.463 e. The predicted octanol–water partition coefficient (Wildman–Crippen LogP) is 5.08. The minimum atomic E-state index is -3.96. The third-order valence-electron chi connectivity index (χ3n) is 6.88. The quantitative estimate of drug-likeness (QED) is 0.328. The van der Waals surface area contributed by atoms with E-state index in [-0.39, 0.29) is 34.1 Å².